The minimum Gasteiger partial charge on any atom is -0.327 e. The summed E-state index contributed by atoms with van der Waals surface area (Å²) in [5.41, 5.74) is 6.34. The minimum absolute atomic E-state index is 0.476. The van der Waals surface area contributed by atoms with E-state index in [1.54, 1.807) is 0 Å². The van der Waals surface area contributed by atoms with Crippen molar-refractivity contribution in [2.45, 2.75) is 25.3 Å². The first-order valence-corrected chi connectivity index (χ1v) is 4.13. The highest BCUT2D eigenvalue weighted by molar-refractivity contribution is 6.18. The van der Waals surface area contributed by atoms with Gasteiger partial charge in [-0.25, -0.2) is 0 Å². The van der Waals surface area contributed by atoms with Crippen LogP contribution >= 0.6 is 11.6 Å². The predicted octanol–water partition coefficient (Wildman–Crippen LogP) is 1.35. The van der Waals surface area contributed by atoms with Crippen molar-refractivity contribution in [3.63, 3.8) is 0 Å². The molecule has 2 fully saturated rings. The van der Waals surface area contributed by atoms with Crippen molar-refractivity contribution in [1.82, 2.24) is 0 Å². The van der Waals surface area contributed by atoms with Gasteiger partial charge in [-0.2, -0.15) is 0 Å². The molecule has 9 heavy (non-hydrogen) atoms. The van der Waals surface area contributed by atoms with E-state index < -0.39 is 0 Å². The van der Waals surface area contributed by atoms with E-state index in [4.69, 9.17) is 17.3 Å². The molecule has 0 spiro atoms. The number of nitrogens with two attached hydrogens (primary N) is 1. The van der Waals surface area contributed by atoms with Crippen LogP contribution in [0.1, 0.15) is 19.3 Å². The molecule has 0 aliphatic heterocycles. The molecule has 2 aliphatic rings. The van der Waals surface area contributed by atoms with E-state index in [1.165, 1.54) is 19.3 Å². The molecule has 1 nitrogen and oxygen atoms in total. The second-order valence-electron chi connectivity index (χ2n) is 3.51. The van der Waals surface area contributed by atoms with Crippen molar-refractivity contribution in [3.8, 4) is 0 Å². The third kappa shape index (κ3) is 0.651. The topological polar surface area (TPSA) is 26.0 Å². The Morgan fingerprint density at radius 1 is 1.67 bits per heavy atom. The van der Waals surface area contributed by atoms with Gasteiger partial charge in [0.2, 0.25) is 0 Å². The van der Waals surface area contributed by atoms with Crippen LogP contribution in [0.4, 0.5) is 0 Å². The van der Waals surface area contributed by atoms with Gasteiger partial charge in [0, 0.05) is 11.9 Å². The van der Waals surface area contributed by atoms with Gasteiger partial charge in [-0.1, -0.05) is 0 Å². The molecule has 2 aliphatic carbocycles. The molecular weight excluding hydrogens is 134 g/mol. The highest BCUT2D eigenvalue weighted by atomic mass is 35.5. The zero-order chi connectivity index (χ0) is 6.48. The Kier molecular flexibility index (Phi) is 1.09. The van der Waals surface area contributed by atoms with Crippen molar-refractivity contribution < 1.29 is 0 Å². The van der Waals surface area contributed by atoms with Crippen molar-refractivity contribution >= 4 is 11.6 Å². The lowest BCUT2D eigenvalue weighted by molar-refractivity contribution is 0.554. The second-order valence-corrected chi connectivity index (χ2v) is 3.78. The van der Waals surface area contributed by atoms with Crippen LogP contribution in [0.3, 0.4) is 0 Å². The Bertz CT molecular complexity index is 137. The monoisotopic (exact) mass is 145 g/mol. The quantitative estimate of drug-likeness (QED) is 0.554. The number of hydrogen-bond donors (Lipinski definition) is 1. The highest BCUT2D eigenvalue weighted by Crippen LogP contribution is 2.63. The van der Waals surface area contributed by atoms with E-state index in [9.17, 15) is 0 Å². The minimum atomic E-state index is 0.476. The summed E-state index contributed by atoms with van der Waals surface area (Å²) < 4.78 is 0. The van der Waals surface area contributed by atoms with Gasteiger partial charge >= 0.3 is 0 Å². The lowest BCUT2D eigenvalue weighted by atomic mass is 10.1. The first kappa shape index (κ1) is 5.99. The predicted molar refractivity (Wildman–Crippen MR) is 38.5 cm³/mol. The van der Waals surface area contributed by atoms with Crippen LogP contribution in [-0.2, 0) is 0 Å². The van der Waals surface area contributed by atoms with Crippen molar-refractivity contribution in [2.24, 2.45) is 17.1 Å². The zero-order valence-electron chi connectivity index (χ0n) is 5.44. The Morgan fingerprint density at radius 3 is 2.67 bits per heavy atom. The summed E-state index contributed by atoms with van der Waals surface area (Å²) in [6.07, 6.45) is 3.79. The fraction of sp³-hybridized carbons (Fsp3) is 1.00. The van der Waals surface area contributed by atoms with Crippen LogP contribution in [0.25, 0.3) is 0 Å². The summed E-state index contributed by atoms with van der Waals surface area (Å²) >= 11 is 5.80. The van der Waals surface area contributed by atoms with Gasteiger partial charge in [-0.05, 0) is 30.6 Å². The van der Waals surface area contributed by atoms with Gasteiger partial charge in [-0.15, -0.1) is 11.6 Å². The van der Waals surface area contributed by atoms with E-state index in [2.05, 4.69) is 0 Å². The van der Waals surface area contributed by atoms with Crippen molar-refractivity contribution in [3.05, 3.63) is 0 Å². The molecule has 2 saturated carbocycles. The van der Waals surface area contributed by atoms with Crippen LogP contribution in [0.15, 0.2) is 0 Å². The summed E-state index contributed by atoms with van der Waals surface area (Å²) in [7, 11) is 0. The smallest absolute Gasteiger partial charge is 0.0283 e. The largest absolute Gasteiger partial charge is 0.327 e. The molecule has 0 aromatic rings. The van der Waals surface area contributed by atoms with Crippen LogP contribution in [0.5, 0.6) is 0 Å². The second kappa shape index (κ2) is 1.64. The molecule has 0 aromatic heterocycles. The molecule has 0 bridgehead atoms. The summed E-state index contributed by atoms with van der Waals surface area (Å²) in [5, 5.41) is 0. The molecule has 2 heteroatoms. The van der Waals surface area contributed by atoms with Gasteiger partial charge in [0.1, 0.15) is 0 Å². The van der Waals surface area contributed by atoms with Crippen LogP contribution in [0, 0.1) is 11.3 Å². The first-order chi connectivity index (χ1) is 4.28. The lowest BCUT2D eigenvalue weighted by Crippen LogP contribution is -2.18. The lowest BCUT2D eigenvalue weighted by Gasteiger charge is -2.02. The number of rotatable bonds is 1. The fourth-order valence-electron chi connectivity index (χ4n) is 2.15. The average Bonchev–Trinajstić information content (AvgIpc) is 2.53. The van der Waals surface area contributed by atoms with Crippen LogP contribution in [-0.4, -0.2) is 11.9 Å². The zero-order valence-corrected chi connectivity index (χ0v) is 6.19. The van der Waals surface area contributed by atoms with Gasteiger partial charge in [0.05, 0.1) is 0 Å². The molecular formula is C7H12ClN. The van der Waals surface area contributed by atoms with E-state index in [0.717, 1.165) is 11.8 Å². The molecule has 0 aromatic carbocycles. The summed E-state index contributed by atoms with van der Waals surface area (Å²) in [5.74, 6) is 1.63. The van der Waals surface area contributed by atoms with Gasteiger partial charge < -0.3 is 5.73 Å². The van der Waals surface area contributed by atoms with Gasteiger partial charge in [0.15, 0.2) is 0 Å². The first-order valence-electron chi connectivity index (χ1n) is 3.60. The third-order valence-corrected chi connectivity index (χ3v) is 3.54. The molecule has 3 atom stereocenters. The average molecular weight is 146 g/mol. The summed E-state index contributed by atoms with van der Waals surface area (Å²) in [6.45, 7) is 0. The Labute approximate surface area is 60.6 Å². The van der Waals surface area contributed by atoms with Gasteiger partial charge in [0.25, 0.3) is 0 Å². The number of fused-ring (bicyclic) bond motifs is 1. The maximum atomic E-state index is 5.82. The fourth-order valence-corrected chi connectivity index (χ4v) is 2.59. The van der Waals surface area contributed by atoms with Gasteiger partial charge in [-0.3, -0.25) is 0 Å². The van der Waals surface area contributed by atoms with Crippen LogP contribution < -0.4 is 5.73 Å². The Balaban J connectivity index is 2.08. The molecule has 0 radical (unpaired) electrons. The molecule has 52 valence electrons. The molecule has 0 saturated heterocycles. The Hall–Kier alpha value is 0.250. The normalized spacial score (nSPS) is 55.3. The van der Waals surface area contributed by atoms with E-state index in [0.29, 0.717) is 11.5 Å². The summed E-state index contributed by atoms with van der Waals surface area (Å²) in [6, 6.07) is 0.476. The molecule has 2 rings (SSSR count). The number of halogens is 1. The number of hydrogen-bond acceptors (Lipinski definition) is 1. The third-order valence-electron chi connectivity index (χ3n) is 3.01. The maximum Gasteiger partial charge on any atom is 0.0283 e. The summed E-state index contributed by atoms with van der Waals surface area (Å²) in [4.78, 5) is 0. The molecule has 3 unspecified atom stereocenters. The highest BCUT2D eigenvalue weighted by Gasteiger charge is 2.59. The van der Waals surface area contributed by atoms with E-state index in [-0.39, 0.29) is 0 Å². The van der Waals surface area contributed by atoms with E-state index >= 15 is 0 Å². The maximum absolute atomic E-state index is 5.82. The number of alkyl halides is 1. The molecule has 2 N–H and O–H groups in total. The van der Waals surface area contributed by atoms with Crippen molar-refractivity contribution in [2.75, 3.05) is 5.88 Å². The van der Waals surface area contributed by atoms with Crippen LogP contribution in [0.2, 0.25) is 0 Å². The van der Waals surface area contributed by atoms with E-state index in [1.807, 2.05) is 0 Å². The Morgan fingerprint density at radius 2 is 2.44 bits per heavy atom. The molecule has 0 amide bonds. The standard InChI is InChI=1S/C7H12ClN/c8-4-7-2-1-6(9)5(7)3-7/h5-6H,1-4,9H2. The van der Waals surface area contributed by atoms with Crippen molar-refractivity contribution in [1.29, 1.82) is 0 Å². The molecule has 0 heterocycles. The SMILES string of the molecule is NC1CCC2(CCl)CC12.